The summed E-state index contributed by atoms with van der Waals surface area (Å²) in [5.74, 6) is 0.673. The number of aromatic nitrogens is 2. The van der Waals surface area contributed by atoms with Gasteiger partial charge in [0.2, 0.25) is 0 Å². The van der Waals surface area contributed by atoms with Gasteiger partial charge in [-0.25, -0.2) is 9.07 Å². The number of nitrogens with zero attached hydrogens (tertiary/aromatic N) is 2. The monoisotopic (exact) mass is 287 g/mol. The fraction of sp³-hybridized carbons (Fsp3) is 0.312. The number of rotatable bonds is 5. The van der Waals surface area contributed by atoms with Crippen molar-refractivity contribution in [2.45, 2.75) is 13.0 Å². The summed E-state index contributed by atoms with van der Waals surface area (Å²) in [6, 6.07) is 8.66. The van der Waals surface area contributed by atoms with Crippen LogP contribution in [0, 0.1) is 5.82 Å². The lowest BCUT2D eigenvalue weighted by atomic mass is 10.2. The van der Waals surface area contributed by atoms with E-state index in [1.807, 2.05) is 12.1 Å². The summed E-state index contributed by atoms with van der Waals surface area (Å²) >= 11 is 0. The van der Waals surface area contributed by atoms with Gasteiger partial charge in [-0.3, -0.25) is 0 Å². The van der Waals surface area contributed by atoms with Gasteiger partial charge in [-0.2, -0.15) is 5.10 Å². The van der Waals surface area contributed by atoms with Crippen LogP contribution < -0.4 is 5.32 Å². The van der Waals surface area contributed by atoms with Crippen LogP contribution in [0.25, 0.3) is 0 Å². The summed E-state index contributed by atoms with van der Waals surface area (Å²) in [6.07, 6.45) is 4.88. The number of hydrogen-bond donors (Lipinski definition) is 1. The maximum absolute atomic E-state index is 13.7. The summed E-state index contributed by atoms with van der Waals surface area (Å²) in [6.45, 7) is 2.61. The Labute approximate surface area is 123 Å². The molecule has 1 N–H and O–H groups in total. The predicted octanol–water partition coefficient (Wildman–Crippen LogP) is 2.83. The molecule has 1 aliphatic heterocycles. The Morgan fingerprint density at radius 1 is 1.29 bits per heavy atom. The van der Waals surface area contributed by atoms with Crippen molar-refractivity contribution < 1.29 is 9.13 Å². The maximum Gasteiger partial charge on any atom is 0.128 e. The van der Waals surface area contributed by atoms with Crippen LogP contribution in [0.2, 0.25) is 0 Å². The van der Waals surface area contributed by atoms with Gasteiger partial charge in [0, 0.05) is 18.2 Å². The van der Waals surface area contributed by atoms with E-state index in [1.54, 1.807) is 23.0 Å². The smallest absolute Gasteiger partial charge is 0.128 e. The van der Waals surface area contributed by atoms with E-state index in [4.69, 9.17) is 4.74 Å². The van der Waals surface area contributed by atoms with E-state index < -0.39 is 0 Å². The third kappa shape index (κ3) is 3.49. The van der Waals surface area contributed by atoms with Gasteiger partial charge in [-0.15, -0.1) is 0 Å². The van der Waals surface area contributed by atoms with Crippen LogP contribution in [-0.4, -0.2) is 29.5 Å². The van der Waals surface area contributed by atoms with Crippen LogP contribution in [0.5, 0.6) is 0 Å². The van der Waals surface area contributed by atoms with Crippen LogP contribution in [-0.2, 0) is 11.3 Å². The summed E-state index contributed by atoms with van der Waals surface area (Å²) in [5.41, 5.74) is 1.87. The first-order valence-corrected chi connectivity index (χ1v) is 7.07. The van der Waals surface area contributed by atoms with Crippen LogP contribution in [0.1, 0.15) is 12.0 Å². The lowest BCUT2D eigenvalue weighted by molar-refractivity contribution is 0.150. The summed E-state index contributed by atoms with van der Waals surface area (Å²) in [7, 11) is 0. The third-order valence-corrected chi connectivity index (χ3v) is 3.47. The Morgan fingerprint density at radius 3 is 3.00 bits per heavy atom. The highest BCUT2D eigenvalue weighted by molar-refractivity contribution is 5.37. The highest BCUT2D eigenvalue weighted by Crippen LogP contribution is 2.14. The van der Waals surface area contributed by atoms with E-state index in [2.05, 4.69) is 16.5 Å². The molecule has 0 saturated carbocycles. The molecule has 21 heavy (non-hydrogen) atoms. The predicted molar refractivity (Wildman–Crippen MR) is 79.7 cm³/mol. The summed E-state index contributed by atoms with van der Waals surface area (Å²) in [4.78, 5) is 0. The zero-order valence-corrected chi connectivity index (χ0v) is 11.8. The van der Waals surface area contributed by atoms with E-state index in [0.29, 0.717) is 18.7 Å². The molecule has 0 unspecified atom stereocenters. The lowest BCUT2D eigenvalue weighted by Gasteiger charge is -2.15. The Bertz CT molecular complexity index is 636. The standard InChI is InChI=1S/C16H18FN3O/c17-15-6-2-1-5-14(15)11-20-16(7-8-19-20)18-10-13-4-3-9-21-12-13/h1-2,4-8,18H,3,9-12H2. The van der Waals surface area contributed by atoms with Crippen molar-refractivity contribution >= 4 is 5.82 Å². The largest absolute Gasteiger partial charge is 0.377 e. The molecule has 1 aliphatic rings. The maximum atomic E-state index is 13.7. The van der Waals surface area contributed by atoms with Crippen molar-refractivity contribution in [2.24, 2.45) is 0 Å². The van der Waals surface area contributed by atoms with E-state index >= 15 is 0 Å². The second-order valence-electron chi connectivity index (χ2n) is 5.02. The topological polar surface area (TPSA) is 39.1 Å². The van der Waals surface area contributed by atoms with Gasteiger partial charge in [0.1, 0.15) is 11.6 Å². The van der Waals surface area contributed by atoms with Gasteiger partial charge >= 0.3 is 0 Å². The molecule has 2 heterocycles. The van der Waals surface area contributed by atoms with Crippen molar-refractivity contribution in [2.75, 3.05) is 25.1 Å². The first kappa shape index (κ1) is 13.8. The zero-order valence-electron chi connectivity index (χ0n) is 11.8. The zero-order chi connectivity index (χ0) is 14.5. The third-order valence-electron chi connectivity index (χ3n) is 3.47. The molecule has 0 bridgehead atoms. The molecule has 0 amide bonds. The number of nitrogens with one attached hydrogen (secondary N) is 1. The average molecular weight is 287 g/mol. The Balaban J connectivity index is 1.66. The van der Waals surface area contributed by atoms with E-state index in [1.165, 1.54) is 11.6 Å². The first-order valence-electron chi connectivity index (χ1n) is 7.07. The summed E-state index contributed by atoms with van der Waals surface area (Å²) < 4.78 is 20.9. The number of ether oxygens (including phenoxy) is 1. The second kappa shape index (κ2) is 6.54. The fourth-order valence-electron chi connectivity index (χ4n) is 2.33. The van der Waals surface area contributed by atoms with Gasteiger partial charge in [-0.05, 0) is 18.1 Å². The van der Waals surface area contributed by atoms with Crippen LogP contribution >= 0.6 is 0 Å². The normalized spacial score (nSPS) is 14.8. The Hall–Kier alpha value is -2.14. The molecule has 0 radical (unpaired) electrons. The molecular weight excluding hydrogens is 269 g/mol. The number of anilines is 1. The molecule has 5 heteroatoms. The SMILES string of the molecule is Fc1ccccc1Cn1nccc1NCC1=CCCOC1. The van der Waals surface area contributed by atoms with Crippen molar-refractivity contribution in [3.8, 4) is 0 Å². The minimum absolute atomic E-state index is 0.206. The molecule has 3 rings (SSSR count). The minimum Gasteiger partial charge on any atom is -0.377 e. The van der Waals surface area contributed by atoms with E-state index in [0.717, 1.165) is 25.4 Å². The fourth-order valence-corrected chi connectivity index (χ4v) is 2.33. The molecule has 0 fully saturated rings. The molecule has 1 aromatic carbocycles. The quantitative estimate of drug-likeness (QED) is 0.860. The molecule has 0 saturated heterocycles. The van der Waals surface area contributed by atoms with Crippen LogP contribution in [0.15, 0.2) is 48.2 Å². The molecule has 0 spiro atoms. The summed E-state index contributed by atoms with van der Waals surface area (Å²) in [5, 5.41) is 7.59. The van der Waals surface area contributed by atoms with Gasteiger partial charge in [0.05, 0.1) is 26.0 Å². The van der Waals surface area contributed by atoms with E-state index in [-0.39, 0.29) is 5.82 Å². The highest BCUT2D eigenvalue weighted by Gasteiger charge is 2.08. The highest BCUT2D eigenvalue weighted by atomic mass is 19.1. The second-order valence-corrected chi connectivity index (χ2v) is 5.02. The van der Waals surface area contributed by atoms with E-state index in [9.17, 15) is 4.39 Å². The Morgan fingerprint density at radius 2 is 2.19 bits per heavy atom. The molecule has 0 atom stereocenters. The van der Waals surface area contributed by atoms with Gasteiger partial charge in [0.15, 0.2) is 0 Å². The van der Waals surface area contributed by atoms with Gasteiger partial charge in [0.25, 0.3) is 0 Å². The number of halogens is 1. The number of hydrogen-bond acceptors (Lipinski definition) is 3. The minimum atomic E-state index is -0.206. The van der Waals surface area contributed by atoms with Gasteiger partial charge in [-0.1, -0.05) is 24.3 Å². The molecule has 0 aliphatic carbocycles. The number of benzene rings is 1. The molecule has 1 aromatic heterocycles. The molecule has 110 valence electrons. The van der Waals surface area contributed by atoms with Crippen molar-refractivity contribution in [1.82, 2.24) is 9.78 Å². The van der Waals surface area contributed by atoms with Crippen molar-refractivity contribution in [1.29, 1.82) is 0 Å². The first-order chi connectivity index (χ1) is 10.3. The molecule has 2 aromatic rings. The Kier molecular flexibility index (Phi) is 4.31. The average Bonchev–Trinajstić information content (AvgIpc) is 2.96. The molecule has 4 nitrogen and oxygen atoms in total. The van der Waals surface area contributed by atoms with Crippen molar-refractivity contribution in [3.63, 3.8) is 0 Å². The van der Waals surface area contributed by atoms with Crippen LogP contribution in [0.4, 0.5) is 10.2 Å². The molecular formula is C16H18FN3O. The van der Waals surface area contributed by atoms with Gasteiger partial charge < -0.3 is 10.1 Å². The lowest BCUT2D eigenvalue weighted by Crippen LogP contribution is -2.16. The van der Waals surface area contributed by atoms with Crippen molar-refractivity contribution in [3.05, 3.63) is 59.6 Å². The van der Waals surface area contributed by atoms with Crippen LogP contribution in [0.3, 0.4) is 0 Å².